The monoisotopic (exact) mass is 366 g/mol. The van der Waals surface area contributed by atoms with Gasteiger partial charge in [-0.3, -0.25) is 9.69 Å². The van der Waals surface area contributed by atoms with E-state index < -0.39 is 0 Å². The predicted octanol–water partition coefficient (Wildman–Crippen LogP) is 2.70. The first-order valence-corrected chi connectivity index (χ1v) is 9.44. The summed E-state index contributed by atoms with van der Waals surface area (Å²) in [6.45, 7) is 4.17. The van der Waals surface area contributed by atoms with Crippen LogP contribution in [0.5, 0.6) is 17.2 Å². The fraction of sp³-hybridized carbons (Fsp3) is 0.381. The Kier molecular flexibility index (Phi) is 4.13. The van der Waals surface area contributed by atoms with Gasteiger partial charge in [0.05, 0.1) is 6.61 Å². The Morgan fingerprint density at radius 3 is 2.59 bits per heavy atom. The quantitative estimate of drug-likeness (QED) is 0.818. The van der Waals surface area contributed by atoms with Crippen molar-refractivity contribution in [2.24, 2.45) is 0 Å². The van der Waals surface area contributed by atoms with E-state index in [1.54, 1.807) is 6.07 Å². The van der Waals surface area contributed by atoms with E-state index in [9.17, 15) is 4.79 Å². The molecule has 0 radical (unpaired) electrons. The molecule has 2 aromatic carbocycles. The second-order valence-corrected chi connectivity index (χ2v) is 7.09. The lowest BCUT2D eigenvalue weighted by atomic mass is 9.98. The zero-order valence-electron chi connectivity index (χ0n) is 15.1. The smallest absolute Gasteiger partial charge is 0.254 e. The van der Waals surface area contributed by atoms with Gasteiger partial charge < -0.3 is 19.1 Å². The molecule has 3 aliphatic rings. The number of carbonyl (C=O) groups excluding carboxylic acids is 1. The van der Waals surface area contributed by atoms with Crippen molar-refractivity contribution in [3.05, 3.63) is 53.6 Å². The molecule has 2 aromatic rings. The fourth-order valence-electron chi connectivity index (χ4n) is 4.15. The second-order valence-electron chi connectivity index (χ2n) is 7.09. The molecule has 3 heterocycles. The Labute approximate surface area is 158 Å². The number of ether oxygens (including phenoxy) is 3. The van der Waals surface area contributed by atoms with Gasteiger partial charge in [0.25, 0.3) is 5.91 Å². The van der Waals surface area contributed by atoms with E-state index in [1.165, 1.54) is 5.56 Å². The van der Waals surface area contributed by atoms with Crippen molar-refractivity contribution >= 4 is 5.91 Å². The molecule has 27 heavy (non-hydrogen) atoms. The molecule has 140 valence electrons. The third kappa shape index (κ3) is 3.00. The number of nitrogens with zero attached hydrogens (tertiary/aromatic N) is 2. The normalized spacial score (nSPS) is 21.5. The first-order chi connectivity index (χ1) is 13.3. The Balaban J connectivity index is 1.26. The molecule has 6 nitrogen and oxygen atoms in total. The number of rotatable bonds is 2. The van der Waals surface area contributed by atoms with Gasteiger partial charge in [0.15, 0.2) is 11.5 Å². The SMILES string of the molecule is O=C(c1ccc2c(c1)OCO2)N1CCN(C2CCOc3ccccc32)CC1. The molecule has 0 aliphatic carbocycles. The predicted molar refractivity (Wildman–Crippen MR) is 99.3 cm³/mol. The van der Waals surface area contributed by atoms with E-state index in [0.29, 0.717) is 23.1 Å². The highest BCUT2D eigenvalue weighted by molar-refractivity contribution is 5.95. The lowest BCUT2D eigenvalue weighted by Crippen LogP contribution is -2.50. The lowest BCUT2D eigenvalue weighted by molar-refractivity contribution is 0.0510. The average Bonchev–Trinajstić information content (AvgIpc) is 3.21. The van der Waals surface area contributed by atoms with Crippen molar-refractivity contribution in [1.29, 1.82) is 0 Å². The van der Waals surface area contributed by atoms with Crippen molar-refractivity contribution in [2.45, 2.75) is 12.5 Å². The number of benzene rings is 2. The number of piperazine rings is 1. The molecule has 0 spiro atoms. The molecule has 1 saturated heterocycles. The van der Waals surface area contributed by atoms with Gasteiger partial charge in [0.2, 0.25) is 6.79 Å². The molecular formula is C21H22N2O4. The van der Waals surface area contributed by atoms with Gasteiger partial charge in [0.1, 0.15) is 5.75 Å². The minimum absolute atomic E-state index is 0.0559. The van der Waals surface area contributed by atoms with E-state index in [0.717, 1.165) is 45.0 Å². The number of hydrogen-bond acceptors (Lipinski definition) is 5. The maximum absolute atomic E-state index is 12.9. The van der Waals surface area contributed by atoms with Crippen LogP contribution in [0.3, 0.4) is 0 Å². The highest BCUT2D eigenvalue weighted by Crippen LogP contribution is 2.36. The molecule has 3 aliphatic heterocycles. The molecule has 0 bridgehead atoms. The molecule has 1 unspecified atom stereocenters. The van der Waals surface area contributed by atoms with Gasteiger partial charge in [-0.05, 0) is 24.3 Å². The summed E-state index contributed by atoms with van der Waals surface area (Å²) < 4.78 is 16.5. The summed E-state index contributed by atoms with van der Waals surface area (Å²) >= 11 is 0. The van der Waals surface area contributed by atoms with Gasteiger partial charge in [-0.1, -0.05) is 18.2 Å². The van der Waals surface area contributed by atoms with Crippen LogP contribution in [0.15, 0.2) is 42.5 Å². The Morgan fingerprint density at radius 2 is 1.70 bits per heavy atom. The topological polar surface area (TPSA) is 51.2 Å². The first kappa shape index (κ1) is 16.4. The van der Waals surface area contributed by atoms with Crippen molar-refractivity contribution < 1.29 is 19.0 Å². The van der Waals surface area contributed by atoms with Crippen LogP contribution in [-0.2, 0) is 0 Å². The number of carbonyl (C=O) groups is 1. The number of amides is 1. The standard InChI is InChI=1S/C21H22N2O4/c24-21(15-5-6-19-20(13-15)27-14-26-19)23-10-8-22(9-11-23)17-7-12-25-18-4-2-1-3-16(17)18/h1-6,13,17H,7-12,14H2. The molecule has 6 heteroatoms. The highest BCUT2D eigenvalue weighted by atomic mass is 16.7. The van der Waals surface area contributed by atoms with E-state index >= 15 is 0 Å². The molecule has 1 amide bonds. The van der Waals surface area contributed by atoms with Crippen LogP contribution in [0, 0.1) is 0 Å². The molecule has 5 rings (SSSR count). The largest absolute Gasteiger partial charge is 0.493 e. The number of fused-ring (bicyclic) bond motifs is 2. The first-order valence-electron chi connectivity index (χ1n) is 9.44. The molecule has 1 fully saturated rings. The van der Waals surface area contributed by atoms with E-state index in [4.69, 9.17) is 14.2 Å². The van der Waals surface area contributed by atoms with Gasteiger partial charge in [0, 0.05) is 49.8 Å². The molecule has 0 saturated carbocycles. The summed E-state index contributed by atoms with van der Waals surface area (Å²) in [6.07, 6.45) is 0.993. The van der Waals surface area contributed by atoms with Gasteiger partial charge >= 0.3 is 0 Å². The number of hydrogen-bond donors (Lipinski definition) is 0. The lowest BCUT2D eigenvalue weighted by Gasteiger charge is -2.41. The minimum Gasteiger partial charge on any atom is -0.493 e. The Morgan fingerprint density at radius 1 is 0.889 bits per heavy atom. The summed E-state index contributed by atoms with van der Waals surface area (Å²) in [6, 6.07) is 14.1. The fourth-order valence-corrected chi connectivity index (χ4v) is 4.15. The van der Waals surface area contributed by atoms with Crippen molar-refractivity contribution in [1.82, 2.24) is 9.80 Å². The van der Waals surface area contributed by atoms with Gasteiger partial charge in [-0.2, -0.15) is 0 Å². The second kappa shape index (κ2) is 6.78. The van der Waals surface area contributed by atoms with Gasteiger partial charge in [-0.15, -0.1) is 0 Å². The van der Waals surface area contributed by atoms with Crippen molar-refractivity contribution in [3.8, 4) is 17.2 Å². The summed E-state index contributed by atoms with van der Waals surface area (Å²) in [7, 11) is 0. The van der Waals surface area contributed by atoms with Crippen LogP contribution in [-0.4, -0.2) is 55.3 Å². The van der Waals surface area contributed by atoms with Crippen molar-refractivity contribution in [3.63, 3.8) is 0 Å². The van der Waals surface area contributed by atoms with Crippen LogP contribution in [0.2, 0.25) is 0 Å². The van der Waals surface area contributed by atoms with E-state index in [-0.39, 0.29) is 12.7 Å². The third-order valence-corrected chi connectivity index (χ3v) is 5.59. The summed E-state index contributed by atoms with van der Waals surface area (Å²) in [5.74, 6) is 2.40. The average molecular weight is 366 g/mol. The molecule has 0 N–H and O–H groups in total. The van der Waals surface area contributed by atoms with Crippen LogP contribution >= 0.6 is 0 Å². The maximum Gasteiger partial charge on any atom is 0.254 e. The molecule has 1 atom stereocenters. The summed E-state index contributed by atoms with van der Waals surface area (Å²) in [5.41, 5.74) is 1.92. The van der Waals surface area contributed by atoms with Crippen LogP contribution < -0.4 is 14.2 Å². The van der Waals surface area contributed by atoms with E-state index in [2.05, 4.69) is 17.0 Å². The highest BCUT2D eigenvalue weighted by Gasteiger charge is 2.31. The van der Waals surface area contributed by atoms with Gasteiger partial charge in [-0.25, -0.2) is 0 Å². The third-order valence-electron chi connectivity index (χ3n) is 5.59. The van der Waals surface area contributed by atoms with Crippen LogP contribution in [0.4, 0.5) is 0 Å². The molecular weight excluding hydrogens is 344 g/mol. The van der Waals surface area contributed by atoms with E-state index in [1.807, 2.05) is 29.2 Å². The Hall–Kier alpha value is -2.73. The number of para-hydroxylation sites is 1. The zero-order chi connectivity index (χ0) is 18.2. The summed E-state index contributed by atoms with van der Waals surface area (Å²) in [4.78, 5) is 17.3. The summed E-state index contributed by atoms with van der Waals surface area (Å²) in [5, 5.41) is 0. The Bertz CT molecular complexity index is 861. The minimum atomic E-state index is 0.0559. The van der Waals surface area contributed by atoms with Crippen LogP contribution in [0.1, 0.15) is 28.4 Å². The van der Waals surface area contributed by atoms with Crippen molar-refractivity contribution in [2.75, 3.05) is 39.6 Å². The zero-order valence-corrected chi connectivity index (χ0v) is 15.1. The molecule has 0 aromatic heterocycles. The van der Waals surface area contributed by atoms with Crippen LogP contribution in [0.25, 0.3) is 0 Å². The maximum atomic E-state index is 12.9.